The first-order valence-corrected chi connectivity index (χ1v) is 13.4. The smallest absolute Gasteiger partial charge is 0.263 e. The standard InChI is InChI=1S/C28H32N6O5/c35-25-17-39-24-6-4-20(31-27(24)32-25)15-29-14-18-12-23-28(37)30-8-1-11-38-21-5-2-19-3-7-26(36)34(22(19)13-21)10-9-33(23)16-18/h2-7,13,18,23,29H,1,8-12,14-17H2,(H,30,37)(H,31,32,35)/t18-,23-/m0/s1. The first-order valence-electron chi connectivity index (χ1n) is 13.4. The summed E-state index contributed by atoms with van der Waals surface area (Å²) in [5.41, 5.74) is 1.57. The summed E-state index contributed by atoms with van der Waals surface area (Å²) in [6.07, 6.45) is 1.42. The molecule has 2 bridgehead atoms. The summed E-state index contributed by atoms with van der Waals surface area (Å²) < 4.78 is 13.0. The fourth-order valence-electron chi connectivity index (χ4n) is 5.58. The van der Waals surface area contributed by atoms with Crippen molar-refractivity contribution in [3.05, 3.63) is 58.5 Å². The van der Waals surface area contributed by atoms with Crippen LogP contribution in [0.4, 0.5) is 5.82 Å². The van der Waals surface area contributed by atoms with Crippen LogP contribution in [0.1, 0.15) is 18.5 Å². The third-order valence-electron chi connectivity index (χ3n) is 7.53. The van der Waals surface area contributed by atoms with Gasteiger partial charge in [0.2, 0.25) is 5.91 Å². The molecule has 1 fully saturated rings. The van der Waals surface area contributed by atoms with Gasteiger partial charge in [-0.15, -0.1) is 0 Å². The molecule has 0 spiro atoms. The van der Waals surface area contributed by atoms with Crippen LogP contribution in [0, 0.1) is 5.92 Å². The molecule has 5 heterocycles. The van der Waals surface area contributed by atoms with Crippen molar-refractivity contribution in [2.75, 3.05) is 44.7 Å². The molecule has 11 heteroatoms. The van der Waals surface area contributed by atoms with Crippen molar-refractivity contribution in [3.63, 3.8) is 0 Å². The maximum absolute atomic E-state index is 13.2. The number of ether oxygens (including phenoxy) is 2. The van der Waals surface area contributed by atoms with E-state index >= 15 is 0 Å². The van der Waals surface area contributed by atoms with E-state index in [9.17, 15) is 14.4 Å². The molecule has 2 amide bonds. The van der Waals surface area contributed by atoms with E-state index in [-0.39, 0.29) is 35.9 Å². The van der Waals surface area contributed by atoms with Gasteiger partial charge in [-0.1, -0.05) is 0 Å². The van der Waals surface area contributed by atoms with Crippen LogP contribution >= 0.6 is 0 Å². The lowest BCUT2D eigenvalue weighted by atomic mass is 10.1. The van der Waals surface area contributed by atoms with Crippen LogP contribution in [0.25, 0.3) is 10.9 Å². The largest absolute Gasteiger partial charge is 0.493 e. The molecule has 1 aromatic carbocycles. The van der Waals surface area contributed by atoms with E-state index in [0.717, 1.165) is 35.3 Å². The van der Waals surface area contributed by atoms with E-state index < -0.39 is 0 Å². The van der Waals surface area contributed by atoms with Crippen LogP contribution < -0.4 is 31.0 Å². The highest BCUT2D eigenvalue weighted by Gasteiger charge is 2.36. The van der Waals surface area contributed by atoms with E-state index in [1.165, 1.54) is 0 Å². The summed E-state index contributed by atoms with van der Waals surface area (Å²) in [6.45, 7) is 4.10. The summed E-state index contributed by atoms with van der Waals surface area (Å²) in [7, 11) is 0. The Labute approximate surface area is 225 Å². The second-order valence-corrected chi connectivity index (χ2v) is 10.3. The van der Waals surface area contributed by atoms with Gasteiger partial charge in [-0.3, -0.25) is 19.3 Å². The minimum Gasteiger partial charge on any atom is -0.493 e. The monoisotopic (exact) mass is 532 g/mol. The van der Waals surface area contributed by atoms with Gasteiger partial charge >= 0.3 is 0 Å². The minimum absolute atomic E-state index is 0.00312. The van der Waals surface area contributed by atoms with Crippen molar-refractivity contribution in [3.8, 4) is 11.5 Å². The molecule has 3 N–H and O–H groups in total. The first-order chi connectivity index (χ1) is 19.0. The Morgan fingerprint density at radius 3 is 2.87 bits per heavy atom. The molecule has 1 saturated heterocycles. The normalized spacial score (nSPS) is 21.7. The van der Waals surface area contributed by atoms with Crippen LogP contribution in [0.15, 0.2) is 47.3 Å². The van der Waals surface area contributed by atoms with Crippen LogP contribution in [0.2, 0.25) is 0 Å². The molecular formula is C28H32N6O5. The van der Waals surface area contributed by atoms with Crippen molar-refractivity contribution >= 4 is 28.5 Å². The van der Waals surface area contributed by atoms with Crippen molar-refractivity contribution in [2.24, 2.45) is 5.92 Å². The number of hydrogen-bond acceptors (Lipinski definition) is 8. The fraction of sp³-hybridized carbons (Fsp3) is 0.429. The van der Waals surface area contributed by atoms with Crippen molar-refractivity contribution in [2.45, 2.75) is 32.0 Å². The van der Waals surface area contributed by atoms with Crippen molar-refractivity contribution < 1.29 is 19.1 Å². The third-order valence-corrected chi connectivity index (χ3v) is 7.53. The van der Waals surface area contributed by atoms with E-state index in [1.807, 2.05) is 36.4 Å². The Morgan fingerprint density at radius 1 is 1.05 bits per heavy atom. The zero-order valence-electron chi connectivity index (χ0n) is 21.7. The maximum Gasteiger partial charge on any atom is 0.263 e. The first kappa shape index (κ1) is 25.3. The fourth-order valence-corrected chi connectivity index (χ4v) is 5.58. The molecule has 2 aromatic heterocycles. The van der Waals surface area contributed by atoms with E-state index in [2.05, 4.69) is 25.8 Å². The number of benzene rings is 1. The molecule has 3 aliphatic rings. The summed E-state index contributed by atoms with van der Waals surface area (Å²) in [5.74, 6) is 1.80. The van der Waals surface area contributed by atoms with Gasteiger partial charge in [0.05, 0.1) is 23.9 Å². The molecule has 0 saturated carbocycles. The zero-order valence-corrected chi connectivity index (χ0v) is 21.7. The SMILES string of the molecule is O=C1COc2ccc(CNC[C@@H]3C[C@H]4C(=O)NCCCOc5ccc6ccc(=O)n(c6c5)CCN4C3)nc2N1. The Balaban J connectivity index is 1.14. The van der Waals surface area contributed by atoms with Crippen LogP contribution in [0.5, 0.6) is 11.5 Å². The highest BCUT2D eigenvalue weighted by molar-refractivity contribution is 5.94. The zero-order chi connectivity index (χ0) is 26.8. The summed E-state index contributed by atoms with van der Waals surface area (Å²) in [5, 5.41) is 10.3. The van der Waals surface area contributed by atoms with Gasteiger partial charge < -0.3 is 30.0 Å². The Kier molecular flexibility index (Phi) is 7.16. The molecule has 204 valence electrons. The van der Waals surface area contributed by atoms with Gasteiger partial charge in [-0.2, -0.15) is 0 Å². The second kappa shape index (κ2) is 11.0. The molecule has 3 aliphatic heterocycles. The Hall–Kier alpha value is -3.96. The lowest BCUT2D eigenvalue weighted by molar-refractivity contribution is -0.125. The average Bonchev–Trinajstić information content (AvgIpc) is 3.34. The Bertz CT molecular complexity index is 1460. The van der Waals surface area contributed by atoms with Gasteiger partial charge in [-0.05, 0) is 61.0 Å². The molecule has 39 heavy (non-hydrogen) atoms. The molecule has 2 atom stereocenters. The number of nitrogens with zero attached hydrogens (tertiary/aromatic N) is 3. The number of anilines is 1. The summed E-state index contributed by atoms with van der Waals surface area (Å²) >= 11 is 0. The van der Waals surface area contributed by atoms with Crippen molar-refractivity contribution in [1.82, 2.24) is 25.1 Å². The van der Waals surface area contributed by atoms with Gasteiger partial charge in [0.15, 0.2) is 18.2 Å². The molecule has 0 radical (unpaired) electrons. The number of carbonyl (C=O) groups excluding carboxylic acids is 2. The van der Waals surface area contributed by atoms with E-state index in [0.29, 0.717) is 57.3 Å². The molecule has 11 nitrogen and oxygen atoms in total. The lowest BCUT2D eigenvalue weighted by Crippen LogP contribution is -2.45. The molecule has 0 unspecified atom stereocenters. The van der Waals surface area contributed by atoms with Crippen LogP contribution in [0.3, 0.4) is 0 Å². The number of carbonyl (C=O) groups is 2. The number of amides is 2. The number of aromatic nitrogens is 2. The number of fused-ring (bicyclic) bond motifs is 3. The quantitative estimate of drug-likeness (QED) is 0.456. The molecule has 3 aromatic rings. The Morgan fingerprint density at radius 2 is 1.95 bits per heavy atom. The average molecular weight is 533 g/mol. The maximum atomic E-state index is 13.2. The van der Waals surface area contributed by atoms with Gasteiger partial charge in [0, 0.05) is 44.9 Å². The summed E-state index contributed by atoms with van der Waals surface area (Å²) in [4.78, 5) is 44.3. The minimum atomic E-state index is -0.254. The number of pyridine rings is 2. The van der Waals surface area contributed by atoms with Gasteiger partial charge in [0.25, 0.3) is 11.5 Å². The number of rotatable bonds is 4. The van der Waals surface area contributed by atoms with Gasteiger partial charge in [0.1, 0.15) is 5.75 Å². The lowest BCUT2D eigenvalue weighted by Gasteiger charge is -2.25. The molecule has 0 aliphatic carbocycles. The van der Waals surface area contributed by atoms with Crippen molar-refractivity contribution in [1.29, 1.82) is 0 Å². The van der Waals surface area contributed by atoms with Crippen LogP contribution in [-0.4, -0.2) is 71.7 Å². The summed E-state index contributed by atoms with van der Waals surface area (Å²) in [6, 6.07) is 12.7. The predicted molar refractivity (Wildman–Crippen MR) is 145 cm³/mol. The highest BCUT2D eigenvalue weighted by Crippen LogP contribution is 2.26. The second-order valence-electron chi connectivity index (χ2n) is 10.3. The third kappa shape index (κ3) is 5.59. The van der Waals surface area contributed by atoms with Crippen LogP contribution in [-0.2, 0) is 22.7 Å². The topological polar surface area (TPSA) is 127 Å². The molecular weight excluding hydrogens is 500 g/mol. The van der Waals surface area contributed by atoms with Gasteiger partial charge in [-0.25, -0.2) is 4.98 Å². The van der Waals surface area contributed by atoms with E-state index in [4.69, 9.17) is 9.47 Å². The predicted octanol–water partition coefficient (Wildman–Crippen LogP) is 1.11. The van der Waals surface area contributed by atoms with E-state index in [1.54, 1.807) is 10.6 Å². The molecule has 6 rings (SSSR count). The number of nitrogens with one attached hydrogen (secondary N) is 3. The highest BCUT2D eigenvalue weighted by atomic mass is 16.5. The number of hydrogen-bond donors (Lipinski definition) is 3.